The number of carbonyl (C=O) groups is 2. The molecule has 0 spiro atoms. The molecule has 2 heterocycles. The maximum Gasteiger partial charge on any atom is 0.415 e. The smallest absolute Gasteiger partial charge is 0.410 e. The van der Waals surface area contributed by atoms with Crippen LogP contribution in [-0.2, 0) is 13.0 Å². The number of para-hydroxylation sites is 3. The number of anilines is 3. The van der Waals surface area contributed by atoms with Crippen LogP contribution in [-0.4, -0.2) is 28.4 Å². The zero-order valence-corrected chi connectivity index (χ0v) is 22.4. The second kappa shape index (κ2) is 11.4. The van der Waals surface area contributed by atoms with Gasteiger partial charge in [0.15, 0.2) is 5.01 Å². The highest BCUT2D eigenvalue weighted by molar-refractivity contribution is 7.13. The summed E-state index contributed by atoms with van der Waals surface area (Å²) >= 11 is 1.31. The van der Waals surface area contributed by atoms with Gasteiger partial charge in [-0.3, -0.25) is 4.79 Å². The number of amides is 2. The fraction of sp³-hybridized carbons (Fsp3) is 0.0938. The molecule has 1 aliphatic rings. The highest BCUT2D eigenvalue weighted by atomic mass is 32.1. The summed E-state index contributed by atoms with van der Waals surface area (Å²) in [6, 6.07) is 34.8. The van der Waals surface area contributed by atoms with Crippen LogP contribution in [0.15, 0.2) is 109 Å². The third kappa shape index (κ3) is 5.72. The third-order valence-electron chi connectivity index (χ3n) is 6.58. The van der Waals surface area contributed by atoms with Crippen molar-refractivity contribution >= 4 is 40.4 Å². The van der Waals surface area contributed by atoms with Crippen LogP contribution in [0.1, 0.15) is 20.4 Å². The van der Waals surface area contributed by atoms with Gasteiger partial charge in [-0.1, -0.05) is 72.8 Å². The predicted molar refractivity (Wildman–Crippen MR) is 158 cm³/mol. The van der Waals surface area contributed by atoms with Crippen LogP contribution in [0.2, 0.25) is 0 Å². The Morgan fingerprint density at radius 1 is 0.775 bits per heavy atom. The van der Waals surface area contributed by atoms with Gasteiger partial charge in [0, 0.05) is 23.5 Å². The minimum atomic E-state index is -0.418. The molecule has 0 unspecified atom stereocenters. The number of hydrogen-bond donors (Lipinski definition) is 2. The molecular weight excluding hydrogens is 520 g/mol. The van der Waals surface area contributed by atoms with Crippen molar-refractivity contribution in [2.75, 3.05) is 17.2 Å². The fourth-order valence-electron chi connectivity index (χ4n) is 4.51. The monoisotopic (exact) mass is 546 g/mol. The first-order chi connectivity index (χ1) is 19.6. The van der Waals surface area contributed by atoms with Crippen LogP contribution >= 0.6 is 11.3 Å². The van der Waals surface area contributed by atoms with E-state index in [2.05, 4.69) is 15.6 Å². The van der Waals surface area contributed by atoms with Crippen molar-refractivity contribution in [3.8, 4) is 16.9 Å². The topological polar surface area (TPSA) is 83.6 Å². The third-order valence-corrected chi connectivity index (χ3v) is 7.66. The van der Waals surface area contributed by atoms with Crippen LogP contribution in [0.25, 0.3) is 11.1 Å². The van der Waals surface area contributed by atoms with Gasteiger partial charge < -0.3 is 20.3 Å². The molecule has 4 aromatic carbocycles. The van der Waals surface area contributed by atoms with Gasteiger partial charge >= 0.3 is 6.09 Å². The molecule has 0 atom stereocenters. The molecule has 0 saturated carbocycles. The largest absolute Gasteiger partial charge is 0.415 e. The molecule has 5 aromatic rings. The summed E-state index contributed by atoms with van der Waals surface area (Å²) in [7, 11) is 0. The van der Waals surface area contributed by atoms with Crippen LogP contribution in [0.3, 0.4) is 0 Å². The van der Waals surface area contributed by atoms with Gasteiger partial charge in [-0.25, -0.2) is 9.78 Å². The lowest BCUT2D eigenvalue weighted by Crippen LogP contribution is -2.37. The average molecular weight is 547 g/mol. The van der Waals surface area contributed by atoms with Gasteiger partial charge in [-0.2, -0.15) is 0 Å². The Morgan fingerprint density at radius 2 is 1.43 bits per heavy atom. The molecule has 7 nitrogen and oxygen atoms in total. The van der Waals surface area contributed by atoms with Crippen LogP contribution < -0.4 is 15.4 Å². The molecule has 0 fully saturated rings. The average Bonchev–Trinajstić information content (AvgIpc) is 3.43. The Kier molecular flexibility index (Phi) is 7.24. The zero-order valence-electron chi connectivity index (χ0n) is 21.5. The number of thiazole rings is 1. The molecule has 0 radical (unpaired) electrons. The highest BCUT2D eigenvalue weighted by Gasteiger charge is 2.27. The Labute approximate surface area is 236 Å². The first-order valence-corrected chi connectivity index (χ1v) is 13.8. The number of nitrogens with one attached hydrogen (secondary N) is 2. The quantitative estimate of drug-likeness (QED) is 0.232. The Bertz CT molecular complexity index is 1640. The number of aromatic nitrogens is 1. The summed E-state index contributed by atoms with van der Waals surface area (Å²) in [5.41, 5.74) is 5.37. The van der Waals surface area contributed by atoms with Gasteiger partial charge in [0.2, 0.25) is 0 Å². The van der Waals surface area contributed by atoms with E-state index >= 15 is 0 Å². The summed E-state index contributed by atoms with van der Waals surface area (Å²) in [4.78, 5) is 33.2. The molecule has 1 aliphatic heterocycles. The second-order valence-electron chi connectivity index (χ2n) is 9.31. The first kappa shape index (κ1) is 25.3. The van der Waals surface area contributed by atoms with E-state index in [1.165, 1.54) is 11.3 Å². The summed E-state index contributed by atoms with van der Waals surface area (Å²) < 4.78 is 5.64. The maximum absolute atomic E-state index is 13.1. The van der Waals surface area contributed by atoms with E-state index < -0.39 is 6.09 Å². The van der Waals surface area contributed by atoms with Crippen LogP contribution in [0.4, 0.5) is 21.9 Å². The minimum absolute atomic E-state index is 0.283. The van der Waals surface area contributed by atoms with Gasteiger partial charge in [-0.15, -0.1) is 11.3 Å². The Hall–Kier alpha value is -4.95. The lowest BCUT2D eigenvalue weighted by Gasteiger charge is -2.25. The number of carbonyl (C=O) groups excluding carboxylic acids is 2. The van der Waals surface area contributed by atoms with E-state index in [0.29, 0.717) is 36.0 Å². The molecule has 0 aliphatic carbocycles. The zero-order chi connectivity index (χ0) is 27.3. The normalized spacial score (nSPS) is 12.3. The van der Waals surface area contributed by atoms with Crippen molar-refractivity contribution in [3.05, 3.63) is 125 Å². The minimum Gasteiger partial charge on any atom is -0.410 e. The molecular formula is C32H26N4O3S. The molecule has 0 bridgehead atoms. The van der Waals surface area contributed by atoms with Crippen LogP contribution in [0, 0.1) is 0 Å². The van der Waals surface area contributed by atoms with E-state index in [9.17, 15) is 9.59 Å². The number of hydrogen-bond acceptors (Lipinski definition) is 6. The van der Waals surface area contributed by atoms with Crippen molar-refractivity contribution in [2.45, 2.75) is 13.0 Å². The molecule has 1 aromatic heterocycles. The molecule has 0 saturated heterocycles. The summed E-state index contributed by atoms with van der Waals surface area (Å²) in [6.07, 6.45) is 0.145. The van der Waals surface area contributed by atoms with E-state index in [1.807, 2.05) is 97.1 Å². The summed E-state index contributed by atoms with van der Waals surface area (Å²) in [5, 5.41) is 6.69. The Balaban J connectivity index is 1.09. The number of fused-ring (bicyclic) bond motifs is 1. The number of ether oxygens (including phenoxy) is 1. The molecule has 40 heavy (non-hydrogen) atoms. The highest BCUT2D eigenvalue weighted by Crippen LogP contribution is 2.29. The lowest BCUT2D eigenvalue weighted by molar-refractivity contribution is 0.102. The van der Waals surface area contributed by atoms with Crippen molar-refractivity contribution in [2.24, 2.45) is 0 Å². The maximum atomic E-state index is 13.1. The molecule has 198 valence electrons. The van der Waals surface area contributed by atoms with Crippen LogP contribution in [0.5, 0.6) is 5.75 Å². The lowest BCUT2D eigenvalue weighted by atomic mass is 10.1. The molecule has 6 rings (SSSR count). The predicted octanol–water partition coefficient (Wildman–Crippen LogP) is 7.36. The number of nitrogens with zero attached hydrogens (tertiary/aromatic N) is 2. The summed E-state index contributed by atoms with van der Waals surface area (Å²) in [5.74, 6) is 0.206. The molecule has 2 N–H and O–H groups in total. The van der Waals surface area contributed by atoms with E-state index in [-0.39, 0.29) is 5.91 Å². The van der Waals surface area contributed by atoms with Crippen molar-refractivity contribution in [1.29, 1.82) is 0 Å². The summed E-state index contributed by atoms with van der Waals surface area (Å²) in [6.45, 7) is 0.829. The van der Waals surface area contributed by atoms with Gasteiger partial charge in [0.05, 0.1) is 23.6 Å². The Morgan fingerprint density at radius 3 is 2.17 bits per heavy atom. The fourth-order valence-corrected chi connectivity index (χ4v) is 5.53. The van der Waals surface area contributed by atoms with Gasteiger partial charge in [0.25, 0.3) is 5.91 Å². The SMILES string of the molecule is O=C(Nc1ccccc1Nc1ccccc1)c1nc2c(s1)CN(C(=O)Oc1ccc(-c3ccccc3)cc1)CC2. The standard InChI is InChI=1S/C32H26N4O3S/c37-30(34-27-14-8-7-13-26(27)33-24-11-5-2-6-12-24)31-35-28-19-20-36(21-29(28)40-31)32(38)39-25-17-15-23(16-18-25)22-9-3-1-4-10-22/h1-18,33H,19-21H2,(H,34,37). The van der Waals surface area contributed by atoms with E-state index in [0.717, 1.165) is 33.1 Å². The van der Waals surface area contributed by atoms with Gasteiger partial charge in [-0.05, 0) is 47.5 Å². The van der Waals surface area contributed by atoms with Crippen molar-refractivity contribution in [3.63, 3.8) is 0 Å². The number of rotatable bonds is 6. The molecule has 2 amide bonds. The molecule has 8 heteroatoms. The van der Waals surface area contributed by atoms with Crippen molar-refractivity contribution < 1.29 is 14.3 Å². The number of benzene rings is 4. The van der Waals surface area contributed by atoms with Crippen molar-refractivity contribution in [1.82, 2.24) is 9.88 Å². The second-order valence-corrected chi connectivity index (χ2v) is 10.4. The van der Waals surface area contributed by atoms with E-state index in [4.69, 9.17) is 4.74 Å². The first-order valence-electron chi connectivity index (χ1n) is 13.0. The van der Waals surface area contributed by atoms with Gasteiger partial charge in [0.1, 0.15) is 5.75 Å². The van der Waals surface area contributed by atoms with E-state index in [1.54, 1.807) is 17.0 Å².